The van der Waals surface area contributed by atoms with Gasteiger partial charge in [-0.25, -0.2) is 0 Å². The Morgan fingerprint density at radius 1 is 0.773 bits per heavy atom. The van der Waals surface area contributed by atoms with E-state index in [1.165, 1.54) is 0 Å². The van der Waals surface area contributed by atoms with Crippen LogP contribution in [-0.2, 0) is 0 Å². The fourth-order valence-corrected chi connectivity index (χ4v) is 6.27. The SMILES string of the molecule is CN(C)c1cccc2cccc([Si](Cl)(Cl)c3ccccc3)c12. The summed E-state index contributed by atoms with van der Waals surface area (Å²) in [6, 6.07) is 22.5. The van der Waals surface area contributed by atoms with E-state index in [1.807, 2.05) is 50.5 Å². The van der Waals surface area contributed by atoms with Gasteiger partial charge in [0.15, 0.2) is 0 Å². The van der Waals surface area contributed by atoms with E-state index in [-0.39, 0.29) is 0 Å². The van der Waals surface area contributed by atoms with Crippen molar-refractivity contribution in [2.75, 3.05) is 19.0 Å². The maximum atomic E-state index is 6.93. The molecule has 1 nitrogen and oxygen atoms in total. The normalized spacial score (nSPS) is 11.6. The first kappa shape index (κ1) is 15.4. The Hall–Kier alpha value is -1.48. The quantitative estimate of drug-likeness (QED) is 0.513. The molecule has 0 unspecified atom stereocenters. The Labute approximate surface area is 141 Å². The zero-order valence-electron chi connectivity index (χ0n) is 12.6. The van der Waals surface area contributed by atoms with Crippen LogP contribution >= 0.6 is 22.2 Å². The lowest BCUT2D eigenvalue weighted by atomic mass is 10.1. The molecule has 0 amide bonds. The van der Waals surface area contributed by atoms with E-state index in [0.717, 1.165) is 26.8 Å². The van der Waals surface area contributed by atoms with Crippen LogP contribution < -0.4 is 15.3 Å². The van der Waals surface area contributed by atoms with Crippen LogP contribution in [0.4, 0.5) is 5.69 Å². The summed E-state index contributed by atoms with van der Waals surface area (Å²) in [7, 11) is 4.08. The molecular formula is C18H17Cl2NSi. The monoisotopic (exact) mass is 345 g/mol. The topological polar surface area (TPSA) is 3.24 Å². The molecule has 0 bridgehead atoms. The minimum absolute atomic E-state index is 1.01. The minimum atomic E-state index is -2.78. The smallest absolute Gasteiger partial charge is 0.311 e. The predicted octanol–water partition coefficient (Wildman–Crippen LogP) is 3.94. The molecule has 0 spiro atoms. The average molecular weight is 346 g/mol. The molecule has 4 heteroatoms. The van der Waals surface area contributed by atoms with E-state index in [1.54, 1.807) is 0 Å². The molecule has 0 fully saturated rings. The first-order valence-corrected chi connectivity index (χ1v) is 11.2. The molecule has 0 aromatic heterocycles. The van der Waals surface area contributed by atoms with E-state index in [9.17, 15) is 0 Å². The van der Waals surface area contributed by atoms with Gasteiger partial charge in [0.05, 0.1) is 0 Å². The lowest BCUT2D eigenvalue weighted by Crippen LogP contribution is -2.49. The average Bonchev–Trinajstić information content (AvgIpc) is 2.54. The first-order chi connectivity index (χ1) is 10.5. The van der Waals surface area contributed by atoms with Gasteiger partial charge >= 0.3 is 6.69 Å². The number of hydrogen-bond acceptors (Lipinski definition) is 1. The summed E-state index contributed by atoms with van der Waals surface area (Å²) in [5.41, 5.74) is 1.14. The van der Waals surface area contributed by atoms with Gasteiger partial charge in [-0.15, -0.1) is 22.2 Å². The van der Waals surface area contributed by atoms with Gasteiger partial charge in [0.2, 0.25) is 0 Å². The lowest BCUT2D eigenvalue weighted by molar-refractivity contribution is 1.14. The highest BCUT2D eigenvalue weighted by Gasteiger charge is 2.35. The Kier molecular flexibility index (Phi) is 4.17. The van der Waals surface area contributed by atoms with E-state index in [4.69, 9.17) is 22.2 Å². The summed E-state index contributed by atoms with van der Waals surface area (Å²) >= 11 is 13.9. The Morgan fingerprint density at radius 3 is 2.05 bits per heavy atom. The highest BCUT2D eigenvalue weighted by atomic mass is 35.7. The molecule has 112 valence electrons. The second-order valence-corrected chi connectivity index (χ2v) is 11.8. The molecule has 0 atom stereocenters. The van der Waals surface area contributed by atoms with Crippen molar-refractivity contribution < 1.29 is 0 Å². The summed E-state index contributed by atoms with van der Waals surface area (Å²) in [5.74, 6) is 0. The van der Waals surface area contributed by atoms with Crippen molar-refractivity contribution in [1.29, 1.82) is 0 Å². The molecule has 0 heterocycles. The molecule has 0 saturated carbocycles. The number of hydrogen-bond donors (Lipinski definition) is 0. The number of halogens is 2. The second-order valence-electron chi connectivity index (χ2n) is 5.52. The molecule has 0 aliphatic carbocycles. The number of anilines is 1. The van der Waals surface area contributed by atoms with Crippen LogP contribution in [0.5, 0.6) is 0 Å². The van der Waals surface area contributed by atoms with Gasteiger partial charge in [-0.3, -0.25) is 0 Å². The molecule has 0 radical (unpaired) electrons. The molecule has 3 aromatic carbocycles. The van der Waals surface area contributed by atoms with Gasteiger partial charge in [-0.05, 0) is 21.8 Å². The van der Waals surface area contributed by atoms with Gasteiger partial charge < -0.3 is 4.90 Å². The van der Waals surface area contributed by atoms with Crippen LogP contribution in [0.3, 0.4) is 0 Å². The zero-order valence-corrected chi connectivity index (χ0v) is 15.1. The van der Waals surface area contributed by atoms with E-state index >= 15 is 0 Å². The number of rotatable bonds is 3. The fraction of sp³-hybridized carbons (Fsp3) is 0.111. The molecule has 3 aromatic rings. The summed E-state index contributed by atoms with van der Waals surface area (Å²) in [4.78, 5) is 2.11. The number of fused-ring (bicyclic) bond motifs is 1. The Balaban J connectivity index is 2.31. The van der Waals surface area contributed by atoms with Crippen LogP contribution in [0.15, 0.2) is 66.7 Å². The third-order valence-electron chi connectivity index (χ3n) is 3.84. The molecule has 0 aliphatic rings. The first-order valence-electron chi connectivity index (χ1n) is 7.14. The van der Waals surface area contributed by atoms with Gasteiger partial charge in [-0.1, -0.05) is 60.7 Å². The summed E-state index contributed by atoms with van der Waals surface area (Å²) in [5, 5.41) is 4.37. The van der Waals surface area contributed by atoms with Gasteiger partial charge in [0, 0.05) is 25.2 Å². The Bertz CT molecular complexity index is 795. The maximum absolute atomic E-state index is 6.93. The van der Waals surface area contributed by atoms with Crippen LogP contribution in [0.1, 0.15) is 0 Å². The molecule has 22 heavy (non-hydrogen) atoms. The minimum Gasteiger partial charge on any atom is -0.377 e. The summed E-state index contributed by atoms with van der Waals surface area (Å²) in [6.45, 7) is -2.78. The predicted molar refractivity (Wildman–Crippen MR) is 101 cm³/mol. The highest BCUT2D eigenvalue weighted by molar-refractivity contribution is 7.56. The third kappa shape index (κ3) is 2.63. The lowest BCUT2D eigenvalue weighted by Gasteiger charge is -2.23. The van der Waals surface area contributed by atoms with E-state index < -0.39 is 6.69 Å². The Morgan fingerprint density at radius 2 is 1.41 bits per heavy atom. The summed E-state index contributed by atoms with van der Waals surface area (Å²) < 4.78 is 0. The van der Waals surface area contributed by atoms with Crippen molar-refractivity contribution >= 4 is 55.7 Å². The summed E-state index contributed by atoms with van der Waals surface area (Å²) in [6.07, 6.45) is 0. The van der Waals surface area contributed by atoms with Crippen LogP contribution in [0.2, 0.25) is 0 Å². The molecular weight excluding hydrogens is 329 g/mol. The van der Waals surface area contributed by atoms with Crippen LogP contribution in [-0.4, -0.2) is 20.8 Å². The van der Waals surface area contributed by atoms with E-state index in [0.29, 0.717) is 0 Å². The van der Waals surface area contributed by atoms with Crippen molar-refractivity contribution in [3.63, 3.8) is 0 Å². The van der Waals surface area contributed by atoms with Gasteiger partial charge in [0.25, 0.3) is 0 Å². The van der Waals surface area contributed by atoms with Crippen LogP contribution in [0, 0.1) is 0 Å². The third-order valence-corrected chi connectivity index (χ3v) is 8.52. The molecule has 0 aliphatic heterocycles. The largest absolute Gasteiger partial charge is 0.377 e. The van der Waals surface area contributed by atoms with Crippen molar-refractivity contribution in [2.45, 2.75) is 0 Å². The fourth-order valence-electron chi connectivity index (χ4n) is 2.76. The van der Waals surface area contributed by atoms with Crippen molar-refractivity contribution in [1.82, 2.24) is 0 Å². The standard InChI is InChI=1S/C18H17Cl2NSi/c1-21(2)16-12-6-8-14-9-7-13-17(18(14)16)22(19,20)15-10-4-3-5-11-15/h3-13H,1-2H3. The van der Waals surface area contributed by atoms with Crippen molar-refractivity contribution in [2.24, 2.45) is 0 Å². The van der Waals surface area contributed by atoms with Crippen LogP contribution in [0.25, 0.3) is 10.8 Å². The van der Waals surface area contributed by atoms with Gasteiger partial charge in [0.1, 0.15) is 0 Å². The second kappa shape index (κ2) is 5.96. The zero-order chi connectivity index (χ0) is 15.7. The highest BCUT2D eigenvalue weighted by Crippen LogP contribution is 2.28. The van der Waals surface area contributed by atoms with E-state index in [2.05, 4.69) is 35.2 Å². The molecule has 3 rings (SSSR count). The maximum Gasteiger partial charge on any atom is 0.311 e. The number of nitrogens with zero attached hydrogens (tertiary/aromatic N) is 1. The molecule has 0 N–H and O–H groups in total. The molecule has 0 saturated heterocycles. The van der Waals surface area contributed by atoms with Gasteiger partial charge in [-0.2, -0.15) is 0 Å². The number of benzene rings is 3. The van der Waals surface area contributed by atoms with Crippen molar-refractivity contribution in [3.8, 4) is 0 Å². The van der Waals surface area contributed by atoms with Crippen molar-refractivity contribution in [3.05, 3.63) is 66.7 Å².